The van der Waals surface area contributed by atoms with E-state index in [0.717, 1.165) is 17.7 Å². The van der Waals surface area contributed by atoms with E-state index in [-0.39, 0.29) is 42.9 Å². The first-order valence-electron chi connectivity index (χ1n) is 10.2. The summed E-state index contributed by atoms with van der Waals surface area (Å²) in [5.74, 6) is -0.231. The molecule has 0 saturated heterocycles. The molecule has 11 heteroatoms. The van der Waals surface area contributed by atoms with Gasteiger partial charge in [0.15, 0.2) is 0 Å². The second kappa shape index (κ2) is 11.3. The zero-order valence-electron chi connectivity index (χ0n) is 18.2. The first kappa shape index (κ1) is 25.6. The highest BCUT2D eigenvalue weighted by Crippen LogP contribution is 2.34. The maximum Gasteiger partial charge on any atom is 0.416 e. The van der Waals surface area contributed by atoms with Crippen LogP contribution in [0.4, 0.5) is 30.2 Å². The molecule has 0 unspecified atom stereocenters. The third-order valence-electron chi connectivity index (χ3n) is 4.48. The van der Waals surface area contributed by atoms with E-state index in [1.807, 2.05) is 13.8 Å². The van der Waals surface area contributed by atoms with Gasteiger partial charge in [0.2, 0.25) is 11.8 Å². The van der Waals surface area contributed by atoms with Crippen molar-refractivity contribution in [3.8, 4) is 0 Å². The lowest BCUT2D eigenvalue weighted by Crippen LogP contribution is -2.25. The van der Waals surface area contributed by atoms with Crippen LogP contribution in [0.3, 0.4) is 0 Å². The third-order valence-corrected chi connectivity index (χ3v) is 4.48. The molecule has 2 aromatic rings. The van der Waals surface area contributed by atoms with Crippen LogP contribution in [0.2, 0.25) is 0 Å². The molecule has 33 heavy (non-hydrogen) atoms. The first-order chi connectivity index (χ1) is 15.5. The van der Waals surface area contributed by atoms with Gasteiger partial charge < -0.3 is 16.0 Å². The molecule has 3 N–H and O–H groups in total. The van der Waals surface area contributed by atoms with E-state index in [4.69, 9.17) is 0 Å². The number of carbonyl (C=O) groups is 2. The van der Waals surface area contributed by atoms with Gasteiger partial charge in [0.05, 0.1) is 10.5 Å². The number of carbonyl (C=O) groups excluding carboxylic acids is 2. The Kier molecular flexibility index (Phi) is 8.78. The summed E-state index contributed by atoms with van der Waals surface area (Å²) in [7, 11) is 0. The van der Waals surface area contributed by atoms with Crippen molar-refractivity contribution in [2.45, 2.75) is 39.4 Å². The van der Waals surface area contributed by atoms with Crippen molar-refractivity contribution in [1.82, 2.24) is 5.32 Å². The summed E-state index contributed by atoms with van der Waals surface area (Å²) < 4.78 is 38.3. The van der Waals surface area contributed by atoms with Gasteiger partial charge in [0.1, 0.15) is 5.69 Å². The topological polar surface area (TPSA) is 113 Å². The van der Waals surface area contributed by atoms with Crippen molar-refractivity contribution in [2.75, 3.05) is 17.2 Å². The molecule has 0 aromatic heterocycles. The molecule has 0 fully saturated rings. The Morgan fingerprint density at radius 3 is 2.45 bits per heavy atom. The molecule has 0 aliphatic carbocycles. The van der Waals surface area contributed by atoms with Crippen molar-refractivity contribution in [2.24, 2.45) is 5.92 Å². The number of halogens is 3. The summed E-state index contributed by atoms with van der Waals surface area (Å²) in [4.78, 5) is 34.2. The summed E-state index contributed by atoms with van der Waals surface area (Å²) >= 11 is 0. The minimum atomic E-state index is -4.70. The number of nitrogens with one attached hydrogen (secondary N) is 3. The molecule has 2 rings (SSSR count). The molecule has 0 atom stereocenters. The normalized spacial score (nSPS) is 11.2. The lowest BCUT2D eigenvalue weighted by molar-refractivity contribution is -0.384. The monoisotopic (exact) mass is 466 g/mol. The van der Waals surface area contributed by atoms with Crippen LogP contribution in [-0.2, 0) is 22.3 Å². The molecule has 0 saturated carbocycles. The Hall–Kier alpha value is -3.63. The summed E-state index contributed by atoms with van der Waals surface area (Å²) in [6.07, 6.45) is -4.36. The lowest BCUT2D eigenvalue weighted by atomic mass is 10.1. The number of benzene rings is 2. The van der Waals surface area contributed by atoms with Gasteiger partial charge in [-0.15, -0.1) is 0 Å². The molecule has 0 aliphatic rings. The van der Waals surface area contributed by atoms with Gasteiger partial charge in [0, 0.05) is 37.7 Å². The van der Waals surface area contributed by atoms with E-state index in [2.05, 4.69) is 16.0 Å². The van der Waals surface area contributed by atoms with Crippen LogP contribution >= 0.6 is 0 Å². The molecule has 0 aliphatic heterocycles. The number of anilines is 2. The second-order valence-electron chi connectivity index (χ2n) is 7.79. The van der Waals surface area contributed by atoms with E-state index in [1.165, 1.54) is 0 Å². The molecular weight excluding hydrogens is 441 g/mol. The van der Waals surface area contributed by atoms with Crippen molar-refractivity contribution in [3.05, 3.63) is 63.7 Å². The number of hydrogen-bond donors (Lipinski definition) is 3. The number of nitro groups is 1. The van der Waals surface area contributed by atoms with E-state index < -0.39 is 22.4 Å². The minimum absolute atomic E-state index is 0.0106. The number of nitrogens with zero attached hydrogens (tertiary/aromatic N) is 1. The smallest absolute Gasteiger partial charge is 0.379 e. The van der Waals surface area contributed by atoms with Crippen molar-refractivity contribution in [1.29, 1.82) is 0 Å². The average Bonchev–Trinajstić information content (AvgIpc) is 2.71. The van der Waals surface area contributed by atoms with Gasteiger partial charge >= 0.3 is 6.18 Å². The lowest BCUT2D eigenvalue weighted by Gasteiger charge is -2.11. The van der Waals surface area contributed by atoms with Gasteiger partial charge in [-0.05, 0) is 35.7 Å². The quantitative estimate of drug-likeness (QED) is 0.347. The van der Waals surface area contributed by atoms with Gasteiger partial charge in [-0.1, -0.05) is 26.0 Å². The molecule has 8 nitrogen and oxygen atoms in total. The molecular formula is C22H25F3N4O4. The molecule has 0 heterocycles. The number of hydrogen-bond acceptors (Lipinski definition) is 5. The van der Waals surface area contributed by atoms with Gasteiger partial charge in [-0.25, -0.2) is 0 Å². The van der Waals surface area contributed by atoms with Crippen molar-refractivity contribution >= 4 is 28.9 Å². The summed E-state index contributed by atoms with van der Waals surface area (Å²) in [5.41, 5.74) is -0.576. The fourth-order valence-electron chi connectivity index (χ4n) is 2.95. The van der Waals surface area contributed by atoms with Gasteiger partial charge in [0.25, 0.3) is 5.69 Å². The van der Waals surface area contributed by atoms with Crippen LogP contribution in [0.5, 0.6) is 0 Å². The SMILES string of the molecule is CC(C)CC(=O)Nc1cccc(CNC(=O)CCNc2ccc(C(F)(F)F)cc2[N+](=O)[O-])c1. The molecule has 0 radical (unpaired) electrons. The highest BCUT2D eigenvalue weighted by atomic mass is 19.4. The van der Waals surface area contributed by atoms with Gasteiger partial charge in [-0.2, -0.15) is 13.2 Å². The third kappa shape index (κ3) is 8.43. The summed E-state index contributed by atoms with van der Waals surface area (Å²) in [6, 6.07) is 9.17. The van der Waals surface area contributed by atoms with Crippen LogP contribution in [0.25, 0.3) is 0 Å². The summed E-state index contributed by atoms with van der Waals surface area (Å²) in [5, 5.41) is 19.2. The van der Waals surface area contributed by atoms with Crippen LogP contribution in [-0.4, -0.2) is 23.3 Å². The maximum atomic E-state index is 12.8. The van der Waals surface area contributed by atoms with Crippen LogP contribution in [0, 0.1) is 16.0 Å². The van der Waals surface area contributed by atoms with E-state index >= 15 is 0 Å². The average molecular weight is 466 g/mol. The largest absolute Gasteiger partial charge is 0.416 e. The predicted octanol–water partition coefficient (Wildman–Crippen LogP) is 4.72. The molecule has 0 spiro atoms. The fourth-order valence-corrected chi connectivity index (χ4v) is 2.95. The molecule has 2 aromatic carbocycles. The summed E-state index contributed by atoms with van der Waals surface area (Å²) in [6.45, 7) is 4.07. The predicted molar refractivity (Wildman–Crippen MR) is 118 cm³/mol. The number of amides is 2. The van der Waals surface area contributed by atoms with Crippen molar-refractivity contribution in [3.63, 3.8) is 0 Å². The fraction of sp³-hybridized carbons (Fsp3) is 0.364. The molecule has 2 amide bonds. The maximum absolute atomic E-state index is 12.8. The Labute approximate surface area is 188 Å². The second-order valence-corrected chi connectivity index (χ2v) is 7.79. The molecule has 178 valence electrons. The zero-order valence-corrected chi connectivity index (χ0v) is 18.2. The minimum Gasteiger partial charge on any atom is -0.379 e. The Morgan fingerprint density at radius 2 is 1.82 bits per heavy atom. The number of alkyl halides is 3. The van der Waals surface area contributed by atoms with Crippen molar-refractivity contribution < 1.29 is 27.7 Å². The van der Waals surface area contributed by atoms with Crippen LogP contribution < -0.4 is 16.0 Å². The Bertz CT molecular complexity index is 1010. The Morgan fingerprint density at radius 1 is 1.09 bits per heavy atom. The van der Waals surface area contributed by atoms with Gasteiger partial charge in [-0.3, -0.25) is 19.7 Å². The first-order valence-corrected chi connectivity index (χ1v) is 10.2. The molecule has 0 bridgehead atoms. The number of rotatable bonds is 10. The highest BCUT2D eigenvalue weighted by Gasteiger charge is 2.33. The standard InChI is InChI=1S/C22H25F3N4O4/c1-14(2)10-21(31)28-17-5-3-4-15(11-17)13-27-20(30)8-9-26-18-7-6-16(22(23,24)25)12-19(18)29(32)33/h3-7,11-12,14,26H,8-10,13H2,1-2H3,(H,27,30)(H,28,31). The number of nitro benzene ring substituents is 1. The van der Waals surface area contributed by atoms with E-state index in [1.54, 1.807) is 24.3 Å². The van der Waals surface area contributed by atoms with Crippen LogP contribution in [0.1, 0.15) is 37.8 Å². The van der Waals surface area contributed by atoms with Crippen LogP contribution in [0.15, 0.2) is 42.5 Å². The highest BCUT2D eigenvalue weighted by molar-refractivity contribution is 5.90. The Balaban J connectivity index is 1.86. The van der Waals surface area contributed by atoms with E-state index in [0.29, 0.717) is 18.2 Å². The zero-order chi connectivity index (χ0) is 24.6. The van der Waals surface area contributed by atoms with E-state index in [9.17, 15) is 32.9 Å².